The van der Waals surface area contributed by atoms with Gasteiger partial charge in [-0.2, -0.15) is 5.10 Å². The molecule has 0 aliphatic carbocycles. The average Bonchev–Trinajstić information content (AvgIpc) is 3.41. The molecule has 0 bridgehead atoms. The van der Waals surface area contributed by atoms with Crippen LogP contribution in [0.25, 0.3) is 10.8 Å². The summed E-state index contributed by atoms with van der Waals surface area (Å²) in [4.78, 5) is 13.5. The number of nitrogens with one attached hydrogen (secondary N) is 2. The zero-order valence-corrected chi connectivity index (χ0v) is 17.7. The third-order valence-corrected chi connectivity index (χ3v) is 6.18. The maximum atomic E-state index is 12.4. The van der Waals surface area contributed by atoms with Crippen molar-refractivity contribution in [2.45, 2.75) is 12.1 Å². The van der Waals surface area contributed by atoms with Gasteiger partial charge < -0.3 is 11.2 Å². The Hall–Kier alpha value is -3.37. The van der Waals surface area contributed by atoms with Gasteiger partial charge in [-0.3, -0.25) is 4.79 Å². The summed E-state index contributed by atoms with van der Waals surface area (Å²) in [6, 6.07) is 17.6. The van der Waals surface area contributed by atoms with E-state index in [4.69, 9.17) is 5.84 Å². The summed E-state index contributed by atoms with van der Waals surface area (Å²) in [6.07, 6.45) is 0. The van der Waals surface area contributed by atoms with E-state index in [0.717, 1.165) is 27.0 Å². The highest BCUT2D eigenvalue weighted by atomic mass is 32.2. The minimum atomic E-state index is -0.152. The van der Waals surface area contributed by atoms with E-state index < -0.39 is 0 Å². The number of hydrogen-bond acceptors (Lipinski definition) is 8. The molecule has 2 aromatic carbocycles. The third kappa shape index (κ3) is 4.44. The predicted octanol–water partition coefficient (Wildman–Crippen LogP) is 3.77. The molecule has 2 heterocycles. The van der Waals surface area contributed by atoms with E-state index in [-0.39, 0.29) is 11.7 Å². The second kappa shape index (κ2) is 8.97. The fourth-order valence-electron chi connectivity index (χ4n) is 2.78. The molecule has 152 valence electrons. The van der Waals surface area contributed by atoms with Gasteiger partial charge in [0.1, 0.15) is 0 Å². The molecule has 30 heavy (non-hydrogen) atoms. The van der Waals surface area contributed by atoms with Gasteiger partial charge in [0, 0.05) is 16.0 Å². The summed E-state index contributed by atoms with van der Waals surface area (Å²) in [5.41, 5.74) is 4.40. The molecule has 8 nitrogen and oxygen atoms in total. The summed E-state index contributed by atoms with van der Waals surface area (Å²) >= 11 is 2.79. The molecule has 0 aliphatic rings. The lowest BCUT2D eigenvalue weighted by molar-refractivity contribution is -0.113. The standard InChI is InChI=1S/C20H19N7OS2/c1-13(17-10-5-11-29-17)23-24-19-25-26-20(27(19)21)30-12-18(28)22-16-9-4-7-14-6-2-3-8-15(14)16/h2-11H,12,21H2,1H3,(H,22,28)(H,24,25)/b23-13+. The first-order valence-electron chi connectivity index (χ1n) is 9.07. The van der Waals surface area contributed by atoms with Gasteiger partial charge in [-0.05, 0) is 29.8 Å². The highest BCUT2D eigenvalue weighted by Gasteiger charge is 2.13. The monoisotopic (exact) mass is 437 g/mol. The van der Waals surface area contributed by atoms with E-state index in [1.54, 1.807) is 11.3 Å². The molecule has 0 fully saturated rings. The molecule has 0 spiro atoms. The van der Waals surface area contributed by atoms with E-state index in [9.17, 15) is 4.79 Å². The van der Waals surface area contributed by atoms with Crippen LogP contribution in [0.4, 0.5) is 11.6 Å². The van der Waals surface area contributed by atoms with Crippen molar-refractivity contribution in [3.05, 3.63) is 64.9 Å². The second-order valence-electron chi connectivity index (χ2n) is 6.33. The number of fused-ring (bicyclic) bond motifs is 1. The molecule has 4 aromatic rings. The minimum absolute atomic E-state index is 0.149. The smallest absolute Gasteiger partial charge is 0.264 e. The molecule has 0 saturated heterocycles. The van der Waals surface area contributed by atoms with Crippen LogP contribution in [0, 0.1) is 0 Å². The van der Waals surface area contributed by atoms with Crippen LogP contribution in [0.3, 0.4) is 0 Å². The van der Waals surface area contributed by atoms with Crippen molar-refractivity contribution < 1.29 is 4.79 Å². The number of nitrogens with two attached hydrogens (primary N) is 1. The number of nitrogens with zero attached hydrogens (tertiary/aromatic N) is 4. The molecule has 10 heteroatoms. The molecular formula is C20H19N7OS2. The molecule has 0 atom stereocenters. The van der Waals surface area contributed by atoms with Crippen LogP contribution < -0.4 is 16.6 Å². The third-order valence-electron chi connectivity index (χ3n) is 4.26. The number of hydrogen-bond donors (Lipinski definition) is 3. The van der Waals surface area contributed by atoms with Gasteiger partial charge in [-0.15, -0.1) is 21.5 Å². The Bertz CT molecular complexity index is 1200. The van der Waals surface area contributed by atoms with Gasteiger partial charge in [0.2, 0.25) is 11.1 Å². The van der Waals surface area contributed by atoms with Crippen molar-refractivity contribution in [1.29, 1.82) is 0 Å². The molecular weight excluding hydrogens is 418 g/mol. The normalized spacial score (nSPS) is 11.6. The molecule has 0 aliphatic heterocycles. The van der Waals surface area contributed by atoms with Gasteiger partial charge in [-0.1, -0.05) is 54.2 Å². The second-order valence-corrected chi connectivity index (χ2v) is 8.22. The topological polar surface area (TPSA) is 110 Å². The molecule has 4 N–H and O–H groups in total. The maximum absolute atomic E-state index is 12.4. The average molecular weight is 438 g/mol. The number of thioether (sulfide) groups is 1. The zero-order valence-electron chi connectivity index (χ0n) is 16.1. The van der Waals surface area contributed by atoms with Crippen molar-refractivity contribution in [2.24, 2.45) is 5.10 Å². The number of aromatic nitrogens is 3. The highest BCUT2D eigenvalue weighted by molar-refractivity contribution is 7.99. The van der Waals surface area contributed by atoms with Crippen LogP contribution in [0.2, 0.25) is 0 Å². The Morgan fingerprint density at radius 2 is 2.00 bits per heavy atom. The van der Waals surface area contributed by atoms with Crippen molar-refractivity contribution in [2.75, 3.05) is 22.3 Å². The predicted molar refractivity (Wildman–Crippen MR) is 124 cm³/mol. The number of nitrogen functional groups attached to an aromatic ring is 1. The Labute approximate surface area is 181 Å². The molecule has 1 amide bonds. The van der Waals surface area contributed by atoms with Crippen molar-refractivity contribution in [3.63, 3.8) is 0 Å². The molecule has 0 radical (unpaired) electrons. The SMILES string of the molecule is C/C(=N\Nc1nnc(SCC(=O)Nc2cccc3ccccc23)n1N)c1cccs1. The molecule has 2 aromatic heterocycles. The van der Waals surface area contributed by atoms with Crippen LogP contribution >= 0.6 is 23.1 Å². The van der Waals surface area contributed by atoms with Gasteiger partial charge in [0.25, 0.3) is 5.95 Å². The van der Waals surface area contributed by atoms with E-state index in [1.807, 2.05) is 66.9 Å². The van der Waals surface area contributed by atoms with Gasteiger partial charge in [-0.25, -0.2) is 10.1 Å². The Kier molecular flexibility index (Phi) is 5.96. The van der Waals surface area contributed by atoms with E-state index in [0.29, 0.717) is 11.1 Å². The number of carbonyl (C=O) groups excluding carboxylic acids is 1. The first kappa shape index (κ1) is 19.9. The summed E-state index contributed by atoms with van der Waals surface area (Å²) in [7, 11) is 0. The molecule has 0 unspecified atom stereocenters. The van der Waals surface area contributed by atoms with Crippen molar-refractivity contribution in [1.82, 2.24) is 14.9 Å². The number of hydrazone groups is 1. The quantitative estimate of drug-likeness (QED) is 0.176. The fourth-order valence-corrected chi connectivity index (χ4v) is 4.11. The lowest BCUT2D eigenvalue weighted by Gasteiger charge is -2.08. The van der Waals surface area contributed by atoms with E-state index in [1.165, 1.54) is 16.4 Å². The molecule has 4 rings (SSSR count). The largest absolute Gasteiger partial charge is 0.334 e. The Morgan fingerprint density at radius 1 is 1.17 bits per heavy atom. The number of benzene rings is 2. The van der Waals surface area contributed by atoms with E-state index >= 15 is 0 Å². The number of amides is 1. The maximum Gasteiger partial charge on any atom is 0.264 e. The summed E-state index contributed by atoms with van der Waals surface area (Å²) in [5, 5.41) is 19.7. The van der Waals surface area contributed by atoms with Crippen LogP contribution in [-0.2, 0) is 4.79 Å². The number of rotatable bonds is 7. The highest BCUT2D eigenvalue weighted by Crippen LogP contribution is 2.24. The van der Waals surface area contributed by atoms with Gasteiger partial charge >= 0.3 is 0 Å². The summed E-state index contributed by atoms with van der Waals surface area (Å²) in [5.74, 6) is 6.32. The van der Waals surface area contributed by atoms with Crippen molar-refractivity contribution in [3.8, 4) is 0 Å². The number of carbonyl (C=O) groups is 1. The lowest BCUT2D eigenvalue weighted by atomic mass is 10.1. The molecule has 0 saturated carbocycles. The first-order valence-corrected chi connectivity index (χ1v) is 10.9. The minimum Gasteiger partial charge on any atom is -0.334 e. The van der Waals surface area contributed by atoms with Crippen LogP contribution in [-0.4, -0.2) is 32.2 Å². The van der Waals surface area contributed by atoms with Gasteiger partial charge in [0.05, 0.1) is 11.5 Å². The summed E-state index contributed by atoms with van der Waals surface area (Å²) in [6.45, 7) is 1.89. The van der Waals surface area contributed by atoms with Crippen LogP contribution in [0.15, 0.2) is 70.2 Å². The Balaban J connectivity index is 1.37. The Morgan fingerprint density at radius 3 is 2.83 bits per heavy atom. The van der Waals surface area contributed by atoms with Crippen molar-refractivity contribution >= 4 is 57.1 Å². The van der Waals surface area contributed by atoms with Crippen LogP contribution in [0.1, 0.15) is 11.8 Å². The fraction of sp³-hybridized carbons (Fsp3) is 0.100. The summed E-state index contributed by atoms with van der Waals surface area (Å²) < 4.78 is 1.28. The van der Waals surface area contributed by atoms with Gasteiger partial charge in [0.15, 0.2) is 0 Å². The first-order chi connectivity index (χ1) is 14.6. The lowest BCUT2D eigenvalue weighted by Crippen LogP contribution is -2.17. The number of anilines is 2. The number of thiophene rings is 1. The van der Waals surface area contributed by atoms with Crippen LogP contribution in [0.5, 0.6) is 0 Å². The van der Waals surface area contributed by atoms with E-state index in [2.05, 4.69) is 26.0 Å². The zero-order chi connectivity index (χ0) is 20.9.